The van der Waals surface area contributed by atoms with Gasteiger partial charge in [-0.3, -0.25) is 28.8 Å². The maximum atomic E-state index is 14.1. The molecule has 0 bridgehead atoms. The van der Waals surface area contributed by atoms with Crippen LogP contribution in [-0.2, 0) is 96.3 Å². The summed E-state index contributed by atoms with van der Waals surface area (Å²) in [7, 11) is 1.69. The van der Waals surface area contributed by atoms with Crippen molar-refractivity contribution in [2.45, 2.75) is 228 Å². The van der Waals surface area contributed by atoms with E-state index in [-0.39, 0.29) is 75.2 Å². The van der Waals surface area contributed by atoms with Gasteiger partial charge in [-0.15, -0.1) is 0 Å². The maximum absolute atomic E-state index is 14.1. The molecule has 3 fully saturated rings. The molecule has 30 heteroatoms. The third-order valence-electron chi connectivity index (χ3n) is 22.8. The van der Waals surface area contributed by atoms with E-state index < -0.39 is 89.2 Å². The Labute approximate surface area is 725 Å². The highest BCUT2D eigenvalue weighted by Crippen LogP contribution is 2.35. The van der Waals surface area contributed by atoms with Gasteiger partial charge in [0.15, 0.2) is 0 Å². The topological polar surface area (TPSA) is 365 Å². The number of hydrogen-bond donors (Lipinski definition) is 9. The van der Waals surface area contributed by atoms with Gasteiger partial charge in [-0.25, -0.2) is 15.0 Å². The largest absolute Gasteiger partial charge is 0.477 e. The smallest absolute Gasteiger partial charge is 0.248 e. The summed E-state index contributed by atoms with van der Waals surface area (Å²) in [6.45, 7) is 13.3. The average molecular weight is 1730 g/mol. The van der Waals surface area contributed by atoms with E-state index in [2.05, 4.69) is 21.3 Å². The van der Waals surface area contributed by atoms with Crippen molar-refractivity contribution in [3.05, 3.63) is 212 Å². The van der Waals surface area contributed by atoms with Gasteiger partial charge in [0.2, 0.25) is 53.1 Å². The van der Waals surface area contributed by atoms with E-state index in [9.17, 15) is 44.1 Å². The van der Waals surface area contributed by atoms with Crippen LogP contribution in [0.5, 0.6) is 0 Å². The summed E-state index contributed by atoms with van der Waals surface area (Å²) < 4.78 is 36.4. The average Bonchev–Trinajstić information content (AvgIpc) is 1.64. The van der Waals surface area contributed by atoms with Gasteiger partial charge in [-0.05, 0) is 156 Å². The van der Waals surface area contributed by atoms with Gasteiger partial charge >= 0.3 is 0 Å². The fourth-order valence-corrected chi connectivity index (χ4v) is 16.2. The molecule has 3 saturated heterocycles. The lowest BCUT2D eigenvalue weighted by molar-refractivity contribution is -0.141. The molecule has 0 saturated carbocycles. The lowest BCUT2D eigenvalue weighted by Gasteiger charge is -2.32. The van der Waals surface area contributed by atoms with Gasteiger partial charge in [0, 0.05) is 54.0 Å². The summed E-state index contributed by atoms with van der Waals surface area (Å²) in [4.78, 5) is 100. The summed E-state index contributed by atoms with van der Waals surface area (Å²) in [5.41, 5.74) is 15.2. The minimum atomic E-state index is -0.939. The van der Waals surface area contributed by atoms with Crippen LogP contribution in [0.15, 0.2) is 179 Å². The first kappa shape index (κ1) is 94.3. The molecule has 15 atom stereocenters. The molecule has 11 N–H and O–H groups in total. The second-order valence-corrected chi connectivity index (χ2v) is 33.5. The molecule has 0 spiro atoms. The summed E-state index contributed by atoms with van der Waals surface area (Å²) in [6.07, 6.45) is 5.53. The molecule has 12 rings (SSSR count). The van der Waals surface area contributed by atoms with Crippen molar-refractivity contribution in [3.63, 3.8) is 0 Å². The number of likely N-dealkylation sites (N-methyl/N-ethyl adjacent to an activating group) is 1. The molecule has 6 amide bonds. The standard InChI is InChI=1S/C31H41ClN4O5.2C30H39ClN4O5/c1-3-9-25(33)28(38)34-27(21(2)40-18-22-10-5-4-6-11-22)30(39)36-15-8-14-26(36)29-35-31(19-37,20-41-29)17-23-12-7-13-24(32)16-23;1-20(32-3)27(37)33-26(21(2)39-17-22-9-5-4-6-10-22)29(38)35-14-8-13-25(35)28-34-30(18-36,19-40-28)16-23-11-7-12-24(31)15-23;1-3-24(32)27(37)33-26(20(2)39-17-21-9-5-4-6-10-21)29(38)35-14-8-13-25(35)28-34-30(18-36,19-40-28)16-22-11-7-12-23(31)15-22/h4-7,10-13,16,21,25-27,37H,3,8-9,14-15,17-20,33H2,1-2H3,(H,34,38);4-7,9-12,15,20-21,25-26,32,36H,8,13-14,16-19H2,1-3H3,(H,33,37);4-7,9-12,15,20,24-26,36H,3,8,13-14,16-19,32H2,1-2H3,(H,33,37)/t21?,25-,26-,27-,31-;20-,21?,25-,26-,30-;20?,24-,25-,26-,30-/m000/s1. The number of aliphatic imine (C=N–C) groups is 3. The number of ether oxygens (including phenoxy) is 6. The third kappa shape index (κ3) is 25.8. The molecule has 6 aliphatic heterocycles. The van der Waals surface area contributed by atoms with E-state index in [4.69, 9.17) is 89.7 Å². The number of amides is 6. The van der Waals surface area contributed by atoms with Crippen molar-refractivity contribution in [1.82, 2.24) is 36.0 Å². The fourth-order valence-electron chi connectivity index (χ4n) is 15.6. The number of aliphatic hydroxyl groups is 3. The number of nitrogens with one attached hydrogen (secondary N) is 4. The quantitative estimate of drug-likeness (QED) is 0.0176. The van der Waals surface area contributed by atoms with E-state index in [0.717, 1.165) is 59.1 Å². The zero-order chi connectivity index (χ0) is 86.8. The number of rotatable bonds is 37. The number of hydrogen-bond acceptors (Lipinski definition) is 21. The summed E-state index contributed by atoms with van der Waals surface area (Å²) in [5.74, 6) is -0.575. The number of carbonyl (C=O) groups excluding carboxylic acids is 6. The minimum absolute atomic E-state index is 0.200. The van der Waals surface area contributed by atoms with Gasteiger partial charge in [0.05, 0.1) is 76.1 Å². The highest BCUT2D eigenvalue weighted by Gasteiger charge is 2.49. The van der Waals surface area contributed by atoms with E-state index >= 15 is 0 Å². The lowest BCUT2D eigenvalue weighted by Crippen LogP contribution is -2.58. The molecule has 6 heterocycles. The van der Waals surface area contributed by atoms with E-state index in [1.807, 2.05) is 159 Å². The van der Waals surface area contributed by atoms with Crippen molar-refractivity contribution < 1.29 is 72.5 Å². The number of nitrogens with two attached hydrogens (primary N) is 2. The van der Waals surface area contributed by atoms with Crippen molar-refractivity contribution in [3.8, 4) is 0 Å². The summed E-state index contributed by atoms with van der Waals surface area (Å²) >= 11 is 18.5. The SMILES string of the molecule is CCC[C@H](N)C(=O)N[C@H](C(=O)N1CCC[C@H]1C1=N[C@](CO)(Cc2cccc(Cl)c2)CO1)C(C)OCc1ccccc1.CC[C@H](N)C(=O)N[C@H](C(=O)N1CCC[C@H]1C1=N[C@](CO)(Cc2cccc(Cl)c2)CO1)C(C)OCc1ccccc1.CN[C@@H](C)C(=O)N[C@H](C(=O)N1CCC[C@H]1C1=N[C@](CO)(Cc2cccc(Cl)c2)CO1)C(C)OCc1ccccc1. The Morgan fingerprint density at radius 2 is 0.752 bits per heavy atom. The first-order valence-corrected chi connectivity index (χ1v) is 43.1. The number of benzene rings is 6. The Bertz CT molecular complexity index is 4300. The molecule has 6 aromatic carbocycles. The summed E-state index contributed by atoms with van der Waals surface area (Å²) in [6, 6.07) is 45.5. The molecule has 0 aromatic heterocycles. The number of likely N-dealkylation sites (tertiary alicyclic amines) is 3. The Morgan fingerprint density at radius 3 is 1.03 bits per heavy atom. The second kappa shape index (κ2) is 45.4. The number of halogens is 3. The second-order valence-electron chi connectivity index (χ2n) is 32.2. The van der Waals surface area contributed by atoms with Crippen LogP contribution in [0.1, 0.15) is 133 Å². The van der Waals surface area contributed by atoms with Gasteiger partial charge < -0.3 is 91.2 Å². The van der Waals surface area contributed by atoms with Gasteiger partial charge in [0.25, 0.3) is 0 Å². The van der Waals surface area contributed by atoms with Gasteiger partial charge in [-0.1, -0.05) is 182 Å². The molecular formula is C91H119Cl3N12O15. The Kier molecular flexibility index (Phi) is 35.4. The van der Waals surface area contributed by atoms with Crippen LogP contribution >= 0.6 is 34.8 Å². The fraction of sp³-hybridized carbons (Fsp3) is 0.505. The highest BCUT2D eigenvalue weighted by atomic mass is 35.5. The first-order valence-electron chi connectivity index (χ1n) is 42.0. The van der Waals surface area contributed by atoms with E-state index in [1.54, 1.807) is 67.6 Å². The highest BCUT2D eigenvalue weighted by molar-refractivity contribution is 6.31. The van der Waals surface area contributed by atoms with Crippen molar-refractivity contribution in [2.24, 2.45) is 26.4 Å². The minimum Gasteiger partial charge on any atom is -0.477 e. The zero-order valence-corrected chi connectivity index (χ0v) is 72.5. The van der Waals surface area contributed by atoms with Gasteiger partial charge in [-0.2, -0.15) is 0 Å². The normalized spacial score (nSPS) is 22.7. The van der Waals surface area contributed by atoms with Crippen LogP contribution < -0.4 is 32.7 Å². The van der Waals surface area contributed by atoms with Crippen LogP contribution in [-0.4, -0.2) is 239 Å². The van der Waals surface area contributed by atoms with Gasteiger partial charge in [0.1, 0.15) is 72.7 Å². The third-order valence-corrected chi connectivity index (χ3v) is 23.5. The van der Waals surface area contributed by atoms with Crippen LogP contribution in [0.3, 0.4) is 0 Å². The molecule has 121 heavy (non-hydrogen) atoms. The van der Waals surface area contributed by atoms with Crippen LogP contribution in [0.4, 0.5) is 0 Å². The van der Waals surface area contributed by atoms with Crippen LogP contribution in [0.2, 0.25) is 15.1 Å². The predicted molar refractivity (Wildman–Crippen MR) is 467 cm³/mol. The molecule has 654 valence electrons. The van der Waals surface area contributed by atoms with Crippen LogP contribution in [0.25, 0.3) is 0 Å². The molecule has 0 aliphatic carbocycles. The lowest BCUT2D eigenvalue weighted by atomic mass is 9.93. The van der Waals surface area contributed by atoms with Crippen molar-refractivity contribution >= 4 is 87.9 Å². The Balaban J connectivity index is 0.000000190. The Morgan fingerprint density at radius 1 is 0.455 bits per heavy atom. The predicted octanol–water partition coefficient (Wildman–Crippen LogP) is 8.84. The summed E-state index contributed by atoms with van der Waals surface area (Å²) in [5, 5.41) is 44.3. The zero-order valence-electron chi connectivity index (χ0n) is 70.2. The first-order chi connectivity index (χ1) is 58.2. The molecule has 6 aromatic rings. The maximum Gasteiger partial charge on any atom is 0.248 e. The van der Waals surface area contributed by atoms with Crippen molar-refractivity contribution in [2.75, 3.05) is 66.3 Å². The van der Waals surface area contributed by atoms with Crippen molar-refractivity contribution in [1.29, 1.82) is 0 Å². The molecule has 27 nitrogen and oxygen atoms in total. The molecular weight excluding hydrogens is 1610 g/mol. The Hall–Kier alpha value is -8.94. The van der Waals surface area contributed by atoms with Crippen LogP contribution in [0, 0.1) is 0 Å². The number of carbonyl (C=O) groups is 6. The number of aliphatic hydroxyl groups excluding tert-OH is 3. The molecule has 6 aliphatic rings. The van der Waals surface area contributed by atoms with E-state index in [1.165, 1.54) is 0 Å². The monoisotopic (exact) mass is 1720 g/mol. The molecule has 0 radical (unpaired) electrons. The number of nitrogens with zero attached hydrogens (tertiary/aromatic N) is 6. The molecule has 3 unspecified atom stereocenters. The van der Waals surface area contributed by atoms with E-state index in [0.29, 0.717) is 124 Å².